The first kappa shape index (κ1) is 13.1. The third-order valence-corrected chi connectivity index (χ3v) is 4.67. The lowest BCUT2D eigenvalue weighted by Gasteiger charge is -2.32. The quantitative estimate of drug-likeness (QED) is 0.854. The first-order valence-electron chi connectivity index (χ1n) is 6.69. The summed E-state index contributed by atoms with van der Waals surface area (Å²) >= 11 is 3.64. The lowest BCUT2D eigenvalue weighted by Crippen LogP contribution is -2.38. The molecule has 2 heteroatoms. The van der Waals surface area contributed by atoms with Crippen molar-refractivity contribution in [3.05, 3.63) is 34.3 Å². The molecule has 2 rings (SSSR count). The summed E-state index contributed by atoms with van der Waals surface area (Å²) in [5.41, 5.74) is 1.37. The summed E-state index contributed by atoms with van der Waals surface area (Å²) < 4.78 is 1.21. The average Bonchev–Trinajstić information content (AvgIpc) is 2.32. The summed E-state index contributed by atoms with van der Waals surface area (Å²) in [6, 6.07) is 9.63. The van der Waals surface area contributed by atoms with Crippen LogP contribution in [0.15, 0.2) is 28.7 Å². The van der Waals surface area contributed by atoms with E-state index in [0.717, 1.165) is 5.92 Å². The molecule has 2 unspecified atom stereocenters. The van der Waals surface area contributed by atoms with Gasteiger partial charge in [-0.1, -0.05) is 53.9 Å². The smallest absolute Gasteiger partial charge is 0.0305 e. The second-order valence-corrected chi connectivity index (χ2v) is 6.13. The Kier molecular flexibility index (Phi) is 4.63. The number of halogens is 1. The number of rotatable bonds is 3. The Morgan fingerprint density at radius 3 is 2.65 bits per heavy atom. The molecule has 0 amide bonds. The third-order valence-electron chi connectivity index (χ3n) is 3.95. The van der Waals surface area contributed by atoms with Crippen LogP contribution in [0.3, 0.4) is 0 Å². The van der Waals surface area contributed by atoms with E-state index in [9.17, 15) is 0 Å². The second-order valence-electron chi connectivity index (χ2n) is 5.28. The van der Waals surface area contributed by atoms with Gasteiger partial charge < -0.3 is 5.32 Å². The van der Waals surface area contributed by atoms with Gasteiger partial charge in [-0.2, -0.15) is 0 Å². The molecule has 0 radical (unpaired) electrons. The molecule has 94 valence electrons. The van der Waals surface area contributed by atoms with Crippen molar-refractivity contribution in [1.29, 1.82) is 0 Å². The molecule has 0 saturated heterocycles. The second kappa shape index (κ2) is 6.01. The van der Waals surface area contributed by atoms with Gasteiger partial charge in [0.25, 0.3) is 0 Å². The summed E-state index contributed by atoms with van der Waals surface area (Å²) in [5, 5.41) is 3.80. The Hall–Kier alpha value is -0.340. The first-order valence-corrected chi connectivity index (χ1v) is 7.48. The molecule has 1 N–H and O–H groups in total. The molecular weight excluding hydrogens is 274 g/mol. The zero-order valence-corrected chi connectivity index (χ0v) is 12.3. The zero-order chi connectivity index (χ0) is 12.3. The summed E-state index contributed by atoms with van der Waals surface area (Å²) in [6.07, 6.45) is 5.49. The molecule has 1 saturated carbocycles. The SMILES string of the molecule is CC1CCCCC1N[C@@H](C)c1ccccc1Br. The molecule has 0 aliphatic heterocycles. The maximum absolute atomic E-state index is 3.80. The van der Waals surface area contributed by atoms with Crippen LogP contribution in [0.4, 0.5) is 0 Å². The Morgan fingerprint density at radius 2 is 1.94 bits per heavy atom. The minimum Gasteiger partial charge on any atom is -0.307 e. The van der Waals surface area contributed by atoms with Crippen LogP contribution in [0.2, 0.25) is 0 Å². The largest absolute Gasteiger partial charge is 0.307 e. The van der Waals surface area contributed by atoms with Gasteiger partial charge in [-0.3, -0.25) is 0 Å². The van der Waals surface area contributed by atoms with Crippen molar-refractivity contribution in [3.8, 4) is 0 Å². The minimum absolute atomic E-state index is 0.427. The van der Waals surface area contributed by atoms with Gasteiger partial charge in [0.2, 0.25) is 0 Å². The monoisotopic (exact) mass is 295 g/mol. The van der Waals surface area contributed by atoms with E-state index >= 15 is 0 Å². The van der Waals surface area contributed by atoms with E-state index in [-0.39, 0.29) is 0 Å². The molecule has 0 bridgehead atoms. The zero-order valence-electron chi connectivity index (χ0n) is 10.7. The number of hydrogen-bond acceptors (Lipinski definition) is 1. The van der Waals surface area contributed by atoms with Gasteiger partial charge in [0.1, 0.15) is 0 Å². The molecule has 0 spiro atoms. The molecule has 1 fully saturated rings. The van der Waals surface area contributed by atoms with Gasteiger partial charge in [0.05, 0.1) is 0 Å². The Labute approximate surface area is 113 Å². The standard InChI is InChI=1S/C15H22BrN/c1-11-7-3-6-10-15(11)17-12(2)13-8-4-5-9-14(13)16/h4-5,8-9,11-12,15,17H,3,6-7,10H2,1-2H3/t11?,12-,15?/m0/s1. The van der Waals surface area contributed by atoms with Crippen molar-refractivity contribution in [3.63, 3.8) is 0 Å². The maximum atomic E-state index is 3.80. The highest BCUT2D eigenvalue weighted by Gasteiger charge is 2.23. The van der Waals surface area contributed by atoms with Crippen molar-refractivity contribution in [2.45, 2.75) is 51.6 Å². The van der Waals surface area contributed by atoms with Crippen LogP contribution in [0.1, 0.15) is 51.1 Å². The summed E-state index contributed by atoms with van der Waals surface area (Å²) in [7, 11) is 0. The van der Waals surface area contributed by atoms with Crippen molar-refractivity contribution in [1.82, 2.24) is 5.32 Å². The Morgan fingerprint density at radius 1 is 1.24 bits per heavy atom. The average molecular weight is 296 g/mol. The molecule has 1 aromatic carbocycles. The van der Waals surface area contributed by atoms with Gasteiger partial charge in [-0.25, -0.2) is 0 Å². The molecule has 1 aliphatic carbocycles. The molecule has 3 atom stereocenters. The number of nitrogens with one attached hydrogen (secondary N) is 1. The van der Waals surface area contributed by atoms with E-state index < -0.39 is 0 Å². The predicted molar refractivity (Wildman–Crippen MR) is 77.1 cm³/mol. The van der Waals surface area contributed by atoms with Crippen LogP contribution >= 0.6 is 15.9 Å². The van der Waals surface area contributed by atoms with Crippen molar-refractivity contribution in [2.75, 3.05) is 0 Å². The number of benzene rings is 1. The summed E-state index contributed by atoms with van der Waals surface area (Å²) in [5.74, 6) is 0.814. The van der Waals surface area contributed by atoms with Gasteiger partial charge in [-0.15, -0.1) is 0 Å². The van der Waals surface area contributed by atoms with E-state index in [1.165, 1.54) is 35.7 Å². The third kappa shape index (κ3) is 3.32. The van der Waals surface area contributed by atoms with E-state index in [0.29, 0.717) is 12.1 Å². The van der Waals surface area contributed by atoms with Gasteiger partial charge in [0, 0.05) is 16.6 Å². The van der Waals surface area contributed by atoms with E-state index in [2.05, 4.69) is 59.4 Å². The molecule has 0 aromatic heterocycles. The Bertz CT molecular complexity index is 364. The summed E-state index contributed by atoms with van der Waals surface area (Å²) in [6.45, 7) is 4.64. The van der Waals surface area contributed by atoms with E-state index in [1.54, 1.807) is 0 Å². The van der Waals surface area contributed by atoms with Crippen LogP contribution in [0.5, 0.6) is 0 Å². The maximum Gasteiger partial charge on any atom is 0.0305 e. The number of hydrogen-bond donors (Lipinski definition) is 1. The predicted octanol–water partition coefficient (Wildman–Crippen LogP) is 4.68. The fraction of sp³-hybridized carbons (Fsp3) is 0.600. The normalized spacial score (nSPS) is 26.8. The fourth-order valence-electron chi connectivity index (χ4n) is 2.80. The lowest BCUT2D eigenvalue weighted by molar-refractivity contribution is 0.263. The first-order chi connectivity index (χ1) is 8.18. The van der Waals surface area contributed by atoms with Gasteiger partial charge in [0.15, 0.2) is 0 Å². The van der Waals surface area contributed by atoms with Crippen molar-refractivity contribution < 1.29 is 0 Å². The highest BCUT2D eigenvalue weighted by atomic mass is 79.9. The lowest BCUT2D eigenvalue weighted by atomic mass is 9.85. The highest BCUT2D eigenvalue weighted by Crippen LogP contribution is 2.28. The van der Waals surface area contributed by atoms with Crippen LogP contribution in [0.25, 0.3) is 0 Å². The molecule has 0 heterocycles. The highest BCUT2D eigenvalue weighted by molar-refractivity contribution is 9.10. The molecule has 1 nitrogen and oxygen atoms in total. The van der Waals surface area contributed by atoms with E-state index in [1.807, 2.05) is 0 Å². The topological polar surface area (TPSA) is 12.0 Å². The molecule has 17 heavy (non-hydrogen) atoms. The minimum atomic E-state index is 0.427. The van der Waals surface area contributed by atoms with Crippen LogP contribution in [-0.2, 0) is 0 Å². The van der Waals surface area contributed by atoms with Crippen LogP contribution in [-0.4, -0.2) is 6.04 Å². The van der Waals surface area contributed by atoms with Crippen LogP contribution < -0.4 is 5.32 Å². The fourth-order valence-corrected chi connectivity index (χ4v) is 3.43. The van der Waals surface area contributed by atoms with Crippen molar-refractivity contribution >= 4 is 15.9 Å². The molecular formula is C15H22BrN. The van der Waals surface area contributed by atoms with Crippen molar-refractivity contribution in [2.24, 2.45) is 5.92 Å². The van der Waals surface area contributed by atoms with Gasteiger partial charge >= 0.3 is 0 Å². The van der Waals surface area contributed by atoms with Gasteiger partial charge in [-0.05, 0) is 37.3 Å². The molecule has 1 aromatic rings. The summed E-state index contributed by atoms with van der Waals surface area (Å²) in [4.78, 5) is 0. The molecule has 1 aliphatic rings. The Balaban J connectivity index is 2.01. The van der Waals surface area contributed by atoms with Crippen LogP contribution in [0, 0.1) is 5.92 Å². The van der Waals surface area contributed by atoms with E-state index in [4.69, 9.17) is 0 Å².